The van der Waals surface area contributed by atoms with Gasteiger partial charge in [0.05, 0.1) is 0 Å². The molecule has 0 unspecified atom stereocenters. The molecule has 7 heteroatoms. The Labute approximate surface area is 127 Å². The van der Waals surface area contributed by atoms with Crippen LogP contribution in [-0.2, 0) is 16.6 Å². The molecule has 5 nitrogen and oxygen atoms in total. The van der Waals surface area contributed by atoms with Gasteiger partial charge in [0, 0.05) is 23.1 Å². The summed E-state index contributed by atoms with van der Waals surface area (Å²) >= 11 is 3.42. The molecule has 0 aliphatic rings. The smallest absolute Gasteiger partial charge is 0.257 e. The topological polar surface area (TPSA) is 78.0 Å². The Morgan fingerprint density at radius 3 is 2.65 bits per heavy atom. The van der Waals surface area contributed by atoms with Crippen molar-refractivity contribution >= 4 is 26.0 Å². The first kappa shape index (κ1) is 15.2. The molecule has 2 aromatic rings. The van der Waals surface area contributed by atoms with Gasteiger partial charge in [-0.25, -0.2) is 18.5 Å². The SMILES string of the molecule is CC(C)c1nc(S(N)(=O)=O)cn1Cc1cccc(Br)c1. The van der Waals surface area contributed by atoms with Crippen LogP contribution in [-0.4, -0.2) is 18.0 Å². The van der Waals surface area contributed by atoms with Gasteiger partial charge in [0.15, 0.2) is 5.03 Å². The standard InChI is InChI=1S/C13H16BrN3O2S/c1-9(2)13-16-12(20(15,18)19)8-17(13)7-10-4-3-5-11(14)6-10/h3-6,8-9H,7H2,1-2H3,(H2,15,18,19). The highest BCUT2D eigenvalue weighted by Crippen LogP contribution is 2.19. The Bertz CT molecular complexity index is 723. The average Bonchev–Trinajstić information content (AvgIpc) is 2.72. The maximum atomic E-state index is 11.4. The molecule has 1 aromatic carbocycles. The van der Waals surface area contributed by atoms with Crippen molar-refractivity contribution in [2.75, 3.05) is 0 Å². The van der Waals surface area contributed by atoms with Gasteiger partial charge in [-0.15, -0.1) is 0 Å². The fourth-order valence-corrected chi connectivity index (χ4v) is 2.90. The van der Waals surface area contributed by atoms with Gasteiger partial charge in [-0.05, 0) is 17.7 Å². The molecule has 0 saturated carbocycles. The first-order valence-corrected chi connectivity index (χ1v) is 8.45. The number of nitrogens with zero attached hydrogens (tertiary/aromatic N) is 2. The molecule has 20 heavy (non-hydrogen) atoms. The first-order chi connectivity index (χ1) is 9.27. The lowest BCUT2D eigenvalue weighted by Gasteiger charge is -2.10. The van der Waals surface area contributed by atoms with E-state index < -0.39 is 10.0 Å². The number of primary sulfonamides is 1. The van der Waals surface area contributed by atoms with Crippen LogP contribution in [0.5, 0.6) is 0 Å². The number of nitrogens with two attached hydrogens (primary N) is 1. The molecule has 0 aliphatic heterocycles. The van der Waals surface area contributed by atoms with Crippen molar-refractivity contribution in [2.45, 2.75) is 31.3 Å². The van der Waals surface area contributed by atoms with E-state index in [2.05, 4.69) is 20.9 Å². The minimum atomic E-state index is -3.78. The van der Waals surface area contributed by atoms with Crippen molar-refractivity contribution in [3.05, 3.63) is 46.3 Å². The van der Waals surface area contributed by atoms with Crippen LogP contribution in [0.4, 0.5) is 0 Å². The molecule has 1 aromatic heterocycles. The Morgan fingerprint density at radius 1 is 1.40 bits per heavy atom. The number of sulfonamides is 1. The molecular weight excluding hydrogens is 342 g/mol. The number of imidazole rings is 1. The van der Waals surface area contributed by atoms with Crippen molar-refractivity contribution < 1.29 is 8.42 Å². The Balaban J connectivity index is 2.43. The highest BCUT2D eigenvalue weighted by Gasteiger charge is 2.18. The van der Waals surface area contributed by atoms with E-state index in [9.17, 15) is 8.42 Å². The minimum Gasteiger partial charge on any atom is -0.329 e. The molecule has 0 saturated heterocycles. The van der Waals surface area contributed by atoms with Crippen molar-refractivity contribution in [3.8, 4) is 0 Å². The summed E-state index contributed by atoms with van der Waals surface area (Å²) in [5, 5.41) is 5.06. The highest BCUT2D eigenvalue weighted by atomic mass is 79.9. The third-order valence-electron chi connectivity index (χ3n) is 2.84. The van der Waals surface area contributed by atoms with Gasteiger partial charge < -0.3 is 4.57 Å². The molecule has 108 valence electrons. The van der Waals surface area contributed by atoms with E-state index in [-0.39, 0.29) is 10.9 Å². The number of hydrogen-bond donors (Lipinski definition) is 1. The molecular formula is C13H16BrN3O2S. The van der Waals surface area contributed by atoms with Crippen LogP contribution in [0.2, 0.25) is 0 Å². The van der Waals surface area contributed by atoms with E-state index in [1.165, 1.54) is 6.20 Å². The molecule has 0 spiro atoms. The van der Waals surface area contributed by atoms with Gasteiger partial charge in [0.1, 0.15) is 5.82 Å². The van der Waals surface area contributed by atoms with Gasteiger partial charge >= 0.3 is 0 Å². The van der Waals surface area contributed by atoms with Crippen LogP contribution >= 0.6 is 15.9 Å². The van der Waals surface area contributed by atoms with Crippen molar-refractivity contribution in [1.29, 1.82) is 0 Å². The maximum Gasteiger partial charge on any atom is 0.257 e. The zero-order chi connectivity index (χ0) is 14.9. The Kier molecular flexibility index (Phi) is 4.31. The second-order valence-corrected chi connectivity index (χ2v) is 7.32. The first-order valence-electron chi connectivity index (χ1n) is 6.11. The molecule has 0 radical (unpaired) electrons. The molecule has 1 heterocycles. The van der Waals surface area contributed by atoms with Gasteiger partial charge in [-0.1, -0.05) is 41.9 Å². The number of benzene rings is 1. The summed E-state index contributed by atoms with van der Waals surface area (Å²) in [6.45, 7) is 4.48. The zero-order valence-corrected chi connectivity index (χ0v) is 13.6. The van der Waals surface area contributed by atoms with E-state index in [1.807, 2.05) is 42.7 Å². The van der Waals surface area contributed by atoms with Crippen LogP contribution in [0.3, 0.4) is 0 Å². The van der Waals surface area contributed by atoms with E-state index >= 15 is 0 Å². The highest BCUT2D eigenvalue weighted by molar-refractivity contribution is 9.10. The molecule has 0 bridgehead atoms. The molecule has 2 N–H and O–H groups in total. The third-order valence-corrected chi connectivity index (χ3v) is 4.11. The van der Waals surface area contributed by atoms with E-state index in [0.717, 1.165) is 10.0 Å². The van der Waals surface area contributed by atoms with Gasteiger partial charge in [-0.3, -0.25) is 0 Å². The summed E-state index contributed by atoms with van der Waals surface area (Å²) in [7, 11) is -3.78. The summed E-state index contributed by atoms with van der Waals surface area (Å²) in [6, 6.07) is 7.84. The van der Waals surface area contributed by atoms with Gasteiger partial charge in [-0.2, -0.15) is 0 Å². The fraction of sp³-hybridized carbons (Fsp3) is 0.308. The van der Waals surface area contributed by atoms with Crippen LogP contribution in [0, 0.1) is 0 Å². The second-order valence-electron chi connectivity index (χ2n) is 4.89. The van der Waals surface area contributed by atoms with Gasteiger partial charge in [0.25, 0.3) is 10.0 Å². The van der Waals surface area contributed by atoms with Crippen molar-refractivity contribution in [1.82, 2.24) is 9.55 Å². The summed E-state index contributed by atoms with van der Waals surface area (Å²) in [4.78, 5) is 4.14. The number of hydrogen-bond acceptors (Lipinski definition) is 3. The van der Waals surface area contributed by atoms with E-state index in [1.54, 1.807) is 0 Å². The predicted octanol–water partition coefficient (Wildman–Crippen LogP) is 2.46. The van der Waals surface area contributed by atoms with Crippen LogP contribution in [0.15, 0.2) is 40.0 Å². The monoisotopic (exact) mass is 357 g/mol. The lowest BCUT2D eigenvalue weighted by Crippen LogP contribution is -2.12. The largest absolute Gasteiger partial charge is 0.329 e. The van der Waals surface area contributed by atoms with E-state index in [4.69, 9.17) is 5.14 Å². The summed E-state index contributed by atoms with van der Waals surface area (Å²) in [5.41, 5.74) is 1.06. The number of halogens is 1. The van der Waals surface area contributed by atoms with Crippen molar-refractivity contribution in [3.63, 3.8) is 0 Å². The summed E-state index contributed by atoms with van der Waals surface area (Å²) in [6.07, 6.45) is 1.49. The molecule has 0 fully saturated rings. The fourth-order valence-electron chi connectivity index (χ4n) is 1.96. The molecule has 0 aliphatic carbocycles. The van der Waals surface area contributed by atoms with Gasteiger partial charge in [0.2, 0.25) is 0 Å². The number of aromatic nitrogens is 2. The quantitative estimate of drug-likeness (QED) is 0.912. The third kappa shape index (κ3) is 3.47. The lowest BCUT2D eigenvalue weighted by atomic mass is 10.2. The summed E-state index contributed by atoms with van der Waals surface area (Å²) in [5.74, 6) is 0.812. The molecule has 2 rings (SSSR count). The summed E-state index contributed by atoms with van der Waals surface area (Å²) < 4.78 is 25.6. The number of rotatable bonds is 4. The van der Waals surface area contributed by atoms with Crippen LogP contribution < -0.4 is 5.14 Å². The molecule has 0 amide bonds. The Morgan fingerprint density at radius 2 is 2.10 bits per heavy atom. The van der Waals surface area contributed by atoms with Crippen LogP contribution in [0.1, 0.15) is 31.2 Å². The molecule has 0 atom stereocenters. The normalized spacial score (nSPS) is 12.1. The van der Waals surface area contributed by atoms with Crippen molar-refractivity contribution in [2.24, 2.45) is 5.14 Å². The van der Waals surface area contributed by atoms with Crippen LogP contribution in [0.25, 0.3) is 0 Å². The minimum absolute atomic E-state index is 0.0869. The Hall–Kier alpha value is -1.18. The van der Waals surface area contributed by atoms with E-state index in [0.29, 0.717) is 12.4 Å². The average molecular weight is 358 g/mol. The zero-order valence-electron chi connectivity index (χ0n) is 11.2. The lowest BCUT2D eigenvalue weighted by molar-refractivity contribution is 0.594. The predicted molar refractivity (Wildman–Crippen MR) is 80.9 cm³/mol. The second kappa shape index (κ2) is 5.67. The maximum absolute atomic E-state index is 11.4.